The van der Waals surface area contributed by atoms with Crippen molar-refractivity contribution >= 4 is 38.9 Å². The van der Waals surface area contributed by atoms with E-state index >= 15 is 0 Å². The predicted molar refractivity (Wildman–Crippen MR) is 62.6 cm³/mol. The van der Waals surface area contributed by atoms with E-state index in [1.807, 2.05) is 0 Å². The summed E-state index contributed by atoms with van der Waals surface area (Å²) in [4.78, 5) is 0. The molecule has 1 heterocycles. The Bertz CT molecular complexity index is 468. The molecule has 15 heavy (non-hydrogen) atoms. The van der Waals surface area contributed by atoms with Crippen molar-refractivity contribution in [2.24, 2.45) is 0 Å². The highest BCUT2D eigenvalue weighted by Crippen LogP contribution is 2.27. The van der Waals surface area contributed by atoms with Gasteiger partial charge in [-0.1, -0.05) is 27.3 Å². The Balaban J connectivity index is 2.44. The van der Waals surface area contributed by atoms with E-state index in [0.717, 1.165) is 5.01 Å². The summed E-state index contributed by atoms with van der Waals surface area (Å²) >= 11 is 10.2. The van der Waals surface area contributed by atoms with Crippen LogP contribution < -0.4 is 0 Å². The highest BCUT2D eigenvalue weighted by Gasteiger charge is 2.07. The highest BCUT2D eigenvalue weighted by molar-refractivity contribution is 9.10. The second-order valence-corrected chi connectivity index (χ2v) is 5.04. The molecule has 0 radical (unpaired) electrons. The molecule has 0 amide bonds. The summed E-state index contributed by atoms with van der Waals surface area (Å²) < 4.78 is 13.8. The van der Waals surface area contributed by atoms with Crippen molar-refractivity contribution in [2.45, 2.75) is 5.88 Å². The van der Waals surface area contributed by atoms with Crippen LogP contribution in [-0.2, 0) is 5.88 Å². The average molecular weight is 308 g/mol. The summed E-state index contributed by atoms with van der Waals surface area (Å²) in [6, 6.07) is 4.61. The molecular weight excluding hydrogens is 303 g/mol. The predicted octanol–water partition coefficient (Wildman–Crippen LogP) is 3.85. The topological polar surface area (TPSA) is 25.8 Å². The van der Waals surface area contributed by atoms with Crippen LogP contribution in [0.4, 0.5) is 4.39 Å². The van der Waals surface area contributed by atoms with E-state index in [1.54, 1.807) is 6.07 Å². The summed E-state index contributed by atoms with van der Waals surface area (Å²) in [5.74, 6) is 0.0238. The van der Waals surface area contributed by atoms with E-state index in [9.17, 15) is 4.39 Å². The quantitative estimate of drug-likeness (QED) is 0.788. The number of benzene rings is 1. The standard InChI is InChI=1S/C9H5BrClFN2S/c10-6-1-5(2-7(12)3-6)9-14-13-8(4-11)15-9/h1-3H,4H2. The summed E-state index contributed by atoms with van der Waals surface area (Å²) in [6.07, 6.45) is 0. The lowest BCUT2D eigenvalue weighted by atomic mass is 10.2. The van der Waals surface area contributed by atoms with Gasteiger partial charge in [0.2, 0.25) is 0 Å². The minimum absolute atomic E-state index is 0.304. The summed E-state index contributed by atoms with van der Waals surface area (Å²) in [5.41, 5.74) is 0.704. The first kappa shape index (κ1) is 11.0. The molecule has 2 aromatic rings. The van der Waals surface area contributed by atoms with Gasteiger partial charge in [0.25, 0.3) is 0 Å². The number of hydrogen-bond donors (Lipinski definition) is 0. The molecule has 2 nitrogen and oxygen atoms in total. The Morgan fingerprint density at radius 2 is 2.13 bits per heavy atom. The van der Waals surface area contributed by atoms with Crippen molar-refractivity contribution < 1.29 is 4.39 Å². The summed E-state index contributed by atoms with van der Waals surface area (Å²) in [5, 5.41) is 9.21. The first-order valence-corrected chi connectivity index (χ1v) is 6.18. The van der Waals surface area contributed by atoms with Crippen molar-refractivity contribution in [3.05, 3.63) is 33.5 Å². The zero-order valence-electron chi connectivity index (χ0n) is 7.38. The molecule has 0 fully saturated rings. The SMILES string of the molecule is Fc1cc(Br)cc(-c2nnc(CCl)s2)c1. The third-order valence-electron chi connectivity index (χ3n) is 1.69. The molecule has 0 saturated carbocycles. The average Bonchev–Trinajstić information content (AvgIpc) is 2.64. The van der Waals surface area contributed by atoms with Crippen LogP contribution in [0.15, 0.2) is 22.7 Å². The molecule has 0 atom stereocenters. The largest absolute Gasteiger partial charge is 0.207 e. The third-order valence-corrected chi connectivity index (χ3v) is 3.53. The van der Waals surface area contributed by atoms with Gasteiger partial charge in [0.05, 0.1) is 5.88 Å². The van der Waals surface area contributed by atoms with Gasteiger partial charge in [0.1, 0.15) is 15.8 Å². The second kappa shape index (κ2) is 4.55. The van der Waals surface area contributed by atoms with Crippen LogP contribution in [-0.4, -0.2) is 10.2 Å². The first-order valence-electron chi connectivity index (χ1n) is 4.04. The Kier molecular flexibility index (Phi) is 3.33. The van der Waals surface area contributed by atoms with Crippen molar-refractivity contribution in [1.82, 2.24) is 10.2 Å². The number of hydrogen-bond acceptors (Lipinski definition) is 3. The zero-order chi connectivity index (χ0) is 10.8. The van der Waals surface area contributed by atoms with Crippen LogP contribution in [0.1, 0.15) is 5.01 Å². The Hall–Kier alpha value is -0.520. The Morgan fingerprint density at radius 1 is 1.33 bits per heavy atom. The van der Waals surface area contributed by atoms with Crippen molar-refractivity contribution in [2.75, 3.05) is 0 Å². The fourth-order valence-electron chi connectivity index (χ4n) is 1.10. The third kappa shape index (κ3) is 2.53. The van der Waals surface area contributed by atoms with Crippen molar-refractivity contribution in [3.63, 3.8) is 0 Å². The van der Waals surface area contributed by atoms with Gasteiger partial charge >= 0.3 is 0 Å². The molecule has 78 valence electrons. The lowest BCUT2D eigenvalue weighted by Gasteiger charge is -1.97. The minimum Gasteiger partial charge on any atom is -0.207 e. The van der Waals surface area contributed by atoms with Gasteiger partial charge in [-0.25, -0.2) is 4.39 Å². The minimum atomic E-state index is -0.304. The maximum absolute atomic E-state index is 13.1. The molecule has 1 aromatic carbocycles. The number of alkyl halides is 1. The molecule has 0 spiro atoms. The van der Waals surface area contributed by atoms with Crippen LogP contribution >= 0.6 is 38.9 Å². The smallest absolute Gasteiger partial charge is 0.147 e. The fraction of sp³-hybridized carbons (Fsp3) is 0.111. The first-order chi connectivity index (χ1) is 7.19. The Labute approximate surface area is 103 Å². The van der Waals surface area contributed by atoms with Gasteiger partial charge in [0.15, 0.2) is 0 Å². The van der Waals surface area contributed by atoms with E-state index in [2.05, 4.69) is 26.1 Å². The normalized spacial score (nSPS) is 10.6. The molecule has 0 unspecified atom stereocenters. The molecule has 0 aliphatic heterocycles. The molecule has 0 saturated heterocycles. The maximum atomic E-state index is 13.1. The van der Waals surface area contributed by atoms with Crippen LogP contribution in [0, 0.1) is 5.82 Å². The van der Waals surface area contributed by atoms with E-state index in [-0.39, 0.29) is 5.82 Å². The number of rotatable bonds is 2. The van der Waals surface area contributed by atoms with Crippen LogP contribution in [0.3, 0.4) is 0 Å². The number of aromatic nitrogens is 2. The van der Waals surface area contributed by atoms with E-state index in [4.69, 9.17) is 11.6 Å². The molecule has 0 aliphatic carbocycles. The van der Waals surface area contributed by atoms with Crippen LogP contribution in [0.25, 0.3) is 10.6 Å². The molecule has 0 bridgehead atoms. The van der Waals surface area contributed by atoms with Crippen LogP contribution in [0.5, 0.6) is 0 Å². The number of halogens is 3. The molecular formula is C9H5BrClFN2S. The molecule has 2 rings (SSSR count). The molecule has 6 heteroatoms. The van der Waals surface area contributed by atoms with Gasteiger partial charge in [-0.2, -0.15) is 0 Å². The molecule has 0 N–H and O–H groups in total. The number of nitrogens with zero attached hydrogens (tertiary/aromatic N) is 2. The van der Waals surface area contributed by atoms with Gasteiger partial charge in [-0.15, -0.1) is 21.8 Å². The van der Waals surface area contributed by atoms with Crippen molar-refractivity contribution in [3.8, 4) is 10.6 Å². The highest BCUT2D eigenvalue weighted by atomic mass is 79.9. The zero-order valence-corrected chi connectivity index (χ0v) is 10.5. The van der Waals surface area contributed by atoms with Gasteiger partial charge in [-0.05, 0) is 18.2 Å². The Morgan fingerprint density at radius 3 is 2.73 bits per heavy atom. The van der Waals surface area contributed by atoms with E-state index in [0.29, 0.717) is 20.9 Å². The summed E-state index contributed by atoms with van der Waals surface area (Å²) in [7, 11) is 0. The van der Waals surface area contributed by atoms with E-state index < -0.39 is 0 Å². The van der Waals surface area contributed by atoms with Crippen molar-refractivity contribution in [1.29, 1.82) is 0 Å². The second-order valence-electron chi connectivity index (χ2n) is 2.79. The fourth-order valence-corrected chi connectivity index (χ4v) is 2.46. The lowest BCUT2D eigenvalue weighted by Crippen LogP contribution is -1.80. The summed E-state index contributed by atoms with van der Waals surface area (Å²) in [6.45, 7) is 0. The van der Waals surface area contributed by atoms with Gasteiger partial charge in [-0.3, -0.25) is 0 Å². The van der Waals surface area contributed by atoms with Crippen LogP contribution in [0.2, 0.25) is 0 Å². The van der Waals surface area contributed by atoms with Gasteiger partial charge < -0.3 is 0 Å². The lowest BCUT2D eigenvalue weighted by molar-refractivity contribution is 0.627. The molecule has 0 aliphatic rings. The maximum Gasteiger partial charge on any atom is 0.147 e. The molecule has 1 aromatic heterocycles. The van der Waals surface area contributed by atoms with E-state index in [1.165, 1.54) is 23.5 Å². The van der Waals surface area contributed by atoms with Gasteiger partial charge in [0, 0.05) is 10.0 Å². The monoisotopic (exact) mass is 306 g/mol.